The Balaban J connectivity index is 1.41. The minimum atomic E-state index is -0.268. The van der Waals surface area contributed by atoms with E-state index in [1.807, 2.05) is 6.07 Å². The predicted molar refractivity (Wildman–Crippen MR) is 102 cm³/mol. The van der Waals surface area contributed by atoms with Crippen LogP contribution < -0.4 is 10.6 Å². The Morgan fingerprint density at radius 3 is 2.37 bits per heavy atom. The van der Waals surface area contributed by atoms with Crippen LogP contribution in [0.2, 0.25) is 0 Å². The summed E-state index contributed by atoms with van der Waals surface area (Å²) in [7, 11) is 0. The van der Waals surface area contributed by atoms with Crippen molar-refractivity contribution >= 4 is 33.7 Å². The molecule has 27 heavy (non-hydrogen) atoms. The summed E-state index contributed by atoms with van der Waals surface area (Å²) in [5.74, 6) is -0.403. The Labute approximate surface area is 165 Å². The van der Waals surface area contributed by atoms with Crippen molar-refractivity contribution in [3.63, 3.8) is 0 Å². The van der Waals surface area contributed by atoms with Gasteiger partial charge >= 0.3 is 0 Å². The number of amides is 3. The molecule has 0 bridgehead atoms. The summed E-state index contributed by atoms with van der Waals surface area (Å²) in [6, 6.07) is 12.0. The normalized spacial score (nSPS) is 14.6. The van der Waals surface area contributed by atoms with E-state index in [1.54, 1.807) is 41.3 Å². The van der Waals surface area contributed by atoms with Crippen LogP contribution in [0.4, 0.5) is 0 Å². The largest absolute Gasteiger partial charge is 0.444 e. The summed E-state index contributed by atoms with van der Waals surface area (Å²) in [6.07, 6.45) is 1.32. The molecule has 0 unspecified atom stereocenters. The van der Waals surface area contributed by atoms with Crippen molar-refractivity contribution in [1.29, 1.82) is 0 Å². The van der Waals surface area contributed by atoms with Crippen molar-refractivity contribution in [2.75, 3.05) is 19.6 Å². The smallest absolute Gasteiger partial charge is 0.287 e. The van der Waals surface area contributed by atoms with Crippen LogP contribution in [0.15, 0.2) is 51.6 Å². The van der Waals surface area contributed by atoms with Gasteiger partial charge in [-0.25, -0.2) is 0 Å². The van der Waals surface area contributed by atoms with E-state index in [2.05, 4.69) is 26.6 Å². The fourth-order valence-corrected chi connectivity index (χ4v) is 3.23. The molecule has 1 aliphatic rings. The third-order valence-corrected chi connectivity index (χ3v) is 4.84. The maximum Gasteiger partial charge on any atom is 0.287 e. The molecule has 7 nitrogen and oxygen atoms in total. The zero-order chi connectivity index (χ0) is 19.2. The van der Waals surface area contributed by atoms with E-state index in [0.717, 1.165) is 0 Å². The van der Waals surface area contributed by atoms with Crippen LogP contribution in [0.1, 0.15) is 33.8 Å². The van der Waals surface area contributed by atoms with Gasteiger partial charge in [-0.3, -0.25) is 14.4 Å². The van der Waals surface area contributed by atoms with Gasteiger partial charge in [-0.15, -0.1) is 0 Å². The second kappa shape index (κ2) is 8.85. The van der Waals surface area contributed by atoms with E-state index >= 15 is 0 Å². The van der Waals surface area contributed by atoms with Gasteiger partial charge in [-0.05, 0) is 53.0 Å². The zero-order valence-corrected chi connectivity index (χ0v) is 16.2. The van der Waals surface area contributed by atoms with Gasteiger partial charge in [0.05, 0.1) is 6.54 Å². The van der Waals surface area contributed by atoms with Gasteiger partial charge in [0.15, 0.2) is 10.4 Å². The molecule has 0 radical (unpaired) electrons. The van der Waals surface area contributed by atoms with E-state index in [1.165, 1.54) is 0 Å². The lowest BCUT2D eigenvalue weighted by Crippen LogP contribution is -2.49. The number of carbonyl (C=O) groups excluding carboxylic acids is 3. The first-order valence-corrected chi connectivity index (χ1v) is 9.49. The van der Waals surface area contributed by atoms with Gasteiger partial charge in [-0.2, -0.15) is 0 Å². The zero-order valence-electron chi connectivity index (χ0n) is 14.6. The second-order valence-electron chi connectivity index (χ2n) is 6.28. The van der Waals surface area contributed by atoms with Gasteiger partial charge in [-0.1, -0.05) is 18.2 Å². The average molecular weight is 434 g/mol. The molecule has 2 aromatic rings. The van der Waals surface area contributed by atoms with Crippen molar-refractivity contribution in [1.82, 2.24) is 15.5 Å². The molecule has 8 heteroatoms. The van der Waals surface area contributed by atoms with Crippen molar-refractivity contribution in [2.45, 2.75) is 18.9 Å². The minimum Gasteiger partial charge on any atom is -0.444 e. The Morgan fingerprint density at radius 2 is 1.74 bits per heavy atom. The summed E-state index contributed by atoms with van der Waals surface area (Å²) in [5, 5.41) is 5.57. The molecule has 0 spiro atoms. The third-order valence-electron chi connectivity index (χ3n) is 4.42. The second-order valence-corrected chi connectivity index (χ2v) is 7.06. The van der Waals surface area contributed by atoms with Gasteiger partial charge < -0.3 is 20.0 Å². The minimum absolute atomic E-state index is 0.00987. The topological polar surface area (TPSA) is 91.7 Å². The molecule has 1 saturated heterocycles. The number of hydrogen-bond acceptors (Lipinski definition) is 4. The molecule has 142 valence electrons. The van der Waals surface area contributed by atoms with Crippen LogP contribution in [0.25, 0.3) is 0 Å². The standard InChI is InChI=1S/C19H20BrN3O4/c20-16-7-6-15(27-16)19(26)22-14-8-10-23(11-9-14)17(24)12-21-18(25)13-4-2-1-3-5-13/h1-7,14H,8-12H2,(H,21,25)(H,22,26). The van der Waals surface area contributed by atoms with Gasteiger partial charge in [0.25, 0.3) is 11.8 Å². The first-order chi connectivity index (χ1) is 13.0. The molecule has 1 aromatic carbocycles. The highest BCUT2D eigenvalue weighted by Gasteiger charge is 2.25. The summed E-state index contributed by atoms with van der Waals surface area (Å²) in [4.78, 5) is 38.1. The molecule has 1 aromatic heterocycles. The fourth-order valence-electron chi connectivity index (χ4n) is 2.93. The monoisotopic (exact) mass is 433 g/mol. The van der Waals surface area contributed by atoms with E-state index in [4.69, 9.17) is 4.42 Å². The van der Waals surface area contributed by atoms with E-state index < -0.39 is 0 Å². The van der Waals surface area contributed by atoms with Crippen molar-refractivity contribution < 1.29 is 18.8 Å². The fraction of sp³-hybridized carbons (Fsp3) is 0.316. The number of rotatable bonds is 5. The summed E-state index contributed by atoms with van der Waals surface area (Å²) < 4.78 is 5.74. The summed E-state index contributed by atoms with van der Waals surface area (Å²) in [6.45, 7) is 1.03. The molecule has 3 amide bonds. The van der Waals surface area contributed by atoms with E-state index in [0.29, 0.717) is 36.2 Å². The lowest BCUT2D eigenvalue weighted by Gasteiger charge is -2.32. The molecule has 2 heterocycles. The van der Waals surface area contributed by atoms with Crippen molar-refractivity contribution in [3.05, 3.63) is 58.5 Å². The number of halogens is 1. The van der Waals surface area contributed by atoms with Crippen molar-refractivity contribution in [2.24, 2.45) is 0 Å². The van der Waals surface area contributed by atoms with E-state index in [9.17, 15) is 14.4 Å². The highest BCUT2D eigenvalue weighted by Crippen LogP contribution is 2.16. The molecule has 0 atom stereocenters. The Kier molecular flexibility index (Phi) is 6.28. The number of carbonyl (C=O) groups is 3. The number of nitrogens with zero attached hydrogens (tertiary/aromatic N) is 1. The molecular formula is C19H20BrN3O4. The maximum atomic E-state index is 12.3. The number of piperidine rings is 1. The molecule has 3 rings (SSSR count). The first kappa shape index (κ1) is 19.2. The highest BCUT2D eigenvalue weighted by molar-refractivity contribution is 9.10. The van der Waals surface area contributed by atoms with Gasteiger partial charge in [0, 0.05) is 24.7 Å². The van der Waals surface area contributed by atoms with Crippen LogP contribution in [-0.4, -0.2) is 48.3 Å². The Morgan fingerprint density at radius 1 is 1.04 bits per heavy atom. The Hall–Kier alpha value is -2.61. The number of nitrogens with one attached hydrogen (secondary N) is 2. The molecule has 1 fully saturated rings. The quantitative estimate of drug-likeness (QED) is 0.755. The lowest BCUT2D eigenvalue weighted by molar-refractivity contribution is -0.131. The van der Waals surface area contributed by atoms with Crippen LogP contribution in [0.3, 0.4) is 0 Å². The van der Waals surface area contributed by atoms with Crippen LogP contribution in [0.5, 0.6) is 0 Å². The van der Waals surface area contributed by atoms with Gasteiger partial charge in [0.1, 0.15) is 0 Å². The van der Waals surface area contributed by atoms with Crippen LogP contribution in [-0.2, 0) is 4.79 Å². The molecule has 0 saturated carbocycles. The predicted octanol–water partition coefficient (Wildman–Crippen LogP) is 2.19. The van der Waals surface area contributed by atoms with Gasteiger partial charge in [0.2, 0.25) is 5.91 Å². The molecule has 1 aliphatic heterocycles. The molecule has 0 aliphatic carbocycles. The third kappa shape index (κ3) is 5.19. The number of furan rings is 1. The number of benzene rings is 1. The SMILES string of the molecule is O=C(NCC(=O)N1CCC(NC(=O)c2ccc(Br)o2)CC1)c1ccccc1. The van der Waals surface area contributed by atoms with Crippen LogP contribution >= 0.6 is 15.9 Å². The maximum absolute atomic E-state index is 12.3. The number of likely N-dealkylation sites (tertiary alicyclic amines) is 1. The highest BCUT2D eigenvalue weighted by atomic mass is 79.9. The van der Waals surface area contributed by atoms with E-state index in [-0.39, 0.29) is 36.1 Å². The average Bonchev–Trinajstić information content (AvgIpc) is 3.13. The number of hydrogen-bond donors (Lipinski definition) is 2. The molecular weight excluding hydrogens is 414 g/mol. The van der Waals surface area contributed by atoms with Crippen molar-refractivity contribution in [3.8, 4) is 0 Å². The first-order valence-electron chi connectivity index (χ1n) is 8.70. The summed E-state index contributed by atoms with van der Waals surface area (Å²) in [5.41, 5.74) is 0.524. The Bertz CT molecular complexity index is 813. The molecule has 2 N–H and O–H groups in total. The summed E-state index contributed by atoms with van der Waals surface area (Å²) >= 11 is 3.17. The lowest BCUT2D eigenvalue weighted by atomic mass is 10.0. The van der Waals surface area contributed by atoms with Crippen LogP contribution in [0, 0.1) is 0 Å².